The average molecular weight is 303 g/mol. The molecule has 3 heteroatoms. The van der Waals surface area contributed by atoms with Gasteiger partial charge < -0.3 is 10.0 Å². The Morgan fingerprint density at radius 3 is 2.73 bits per heavy atom. The van der Waals surface area contributed by atoms with Crippen molar-refractivity contribution in [2.24, 2.45) is 28.6 Å². The molecule has 1 aliphatic heterocycles. The monoisotopic (exact) mass is 303 g/mol. The first-order valence-corrected chi connectivity index (χ1v) is 9.00. The summed E-state index contributed by atoms with van der Waals surface area (Å²) in [4.78, 5) is 14.3. The van der Waals surface area contributed by atoms with Crippen molar-refractivity contribution >= 4 is 5.78 Å². The van der Waals surface area contributed by atoms with Gasteiger partial charge in [-0.15, -0.1) is 0 Å². The van der Waals surface area contributed by atoms with Crippen molar-refractivity contribution in [1.82, 2.24) is 4.90 Å². The summed E-state index contributed by atoms with van der Waals surface area (Å²) in [6.07, 6.45) is 8.06. The predicted molar refractivity (Wildman–Crippen MR) is 86.1 cm³/mol. The maximum Gasteiger partial charge on any atom is 0.157 e. The van der Waals surface area contributed by atoms with Crippen molar-refractivity contribution in [2.75, 3.05) is 13.6 Å². The van der Waals surface area contributed by atoms with Gasteiger partial charge in [0.1, 0.15) is 0 Å². The standard InChI is InChI=1S/C19H29NO2/c1-18-8-6-12(21)10-16(18)20(3)11-13-14-4-5-17(22)19(14,2)9-7-15(13)18/h10,13-15,17,22H,4-9,11H2,1-3H3/t13-,14-,15+,17?,18+,19-/m0/s1. The number of likely N-dealkylation sites (tertiary alicyclic amines) is 1. The number of rotatable bonds is 0. The number of aliphatic hydroxyl groups is 1. The van der Waals surface area contributed by atoms with Gasteiger partial charge in [-0.25, -0.2) is 0 Å². The molecule has 3 fully saturated rings. The summed E-state index contributed by atoms with van der Waals surface area (Å²) >= 11 is 0. The Hall–Kier alpha value is -0.830. The molecular formula is C19H29NO2. The first-order valence-electron chi connectivity index (χ1n) is 9.00. The first kappa shape index (κ1) is 14.7. The lowest BCUT2D eigenvalue weighted by atomic mass is 9.50. The number of nitrogens with zero attached hydrogens (tertiary/aromatic N) is 1. The highest BCUT2D eigenvalue weighted by Crippen LogP contribution is 2.63. The van der Waals surface area contributed by atoms with E-state index in [0.717, 1.165) is 25.8 Å². The number of carbonyl (C=O) groups excluding carboxylic acids is 1. The van der Waals surface area contributed by atoms with Crippen molar-refractivity contribution < 1.29 is 9.90 Å². The third kappa shape index (κ3) is 1.75. The summed E-state index contributed by atoms with van der Waals surface area (Å²) in [6, 6.07) is 0. The van der Waals surface area contributed by atoms with Gasteiger partial charge >= 0.3 is 0 Å². The fraction of sp³-hybridized carbons (Fsp3) is 0.842. The van der Waals surface area contributed by atoms with Crippen LogP contribution < -0.4 is 0 Å². The van der Waals surface area contributed by atoms with E-state index in [0.29, 0.717) is 30.0 Å². The second kappa shape index (κ2) is 4.59. The third-order valence-electron chi connectivity index (χ3n) is 7.87. The minimum atomic E-state index is -0.110. The van der Waals surface area contributed by atoms with Gasteiger partial charge in [-0.1, -0.05) is 13.8 Å². The highest BCUT2D eigenvalue weighted by Gasteiger charge is 2.59. The summed E-state index contributed by atoms with van der Waals surface area (Å²) < 4.78 is 0. The summed E-state index contributed by atoms with van der Waals surface area (Å²) in [7, 11) is 2.16. The molecule has 0 amide bonds. The zero-order chi connectivity index (χ0) is 15.7. The van der Waals surface area contributed by atoms with E-state index >= 15 is 0 Å². The fourth-order valence-corrected chi connectivity index (χ4v) is 6.54. The molecule has 3 nitrogen and oxygen atoms in total. The van der Waals surface area contributed by atoms with Crippen molar-refractivity contribution in [2.45, 2.75) is 58.5 Å². The molecule has 0 radical (unpaired) electrons. The number of aliphatic hydroxyl groups excluding tert-OH is 1. The van der Waals surface area contributed by atoms with Crippen molar-refractivity contribution in [1.29, 1.82) is 0 Å². The number of hydrogen-bond donors (Lipinski definition) is 1. The number of piperidine rings is 1. The molecule has 122 valence electrons. The van der Waals surface area contributed by atoms with E-state index in [2.05, 4.69) is 25.8 Å². The van der Waals surface area contributed by atoms with E-state index < -0.39 is 0 Å². The second-order valence-corrected chi connectivity index (χ2v) is 8.81. The minimum Gasteiger partial charge on any atom is -0.393 e. The Morgan fingerprint density at radius 2 is 1.95 bits per heavy atom. The van der Waals surface area contributed by atoms with Crippen molar-refractivity contribution in [3.8, 4) is 0 Å². The van der Waals surface area contributed by atoms with Crippen LogP contribution in [0.2, 0.25) is 0 Å². The van der Waals surface area contributed by atoms with E-state index in [1.807, 2.05) is 6.08 Å². The van der Waals surface area contributed by atoms with Gasteiger partial charge in [0.25, 0.3) is 0 Å². The Kier molecular flexibility index (Phi) is 3.08. The Bertz CT molecular complexity index is 542. The molecule has 3 aliphatic carbocycles. The number of ketones is 1. The van der Waals surface area contributed by atoms with Crippen molar-refractivity contribution in [3.63, 3.8) is 0 Å². The molecule has 6 atom stereocenters. The smallest absolute Gasteiger partial charge is 0.157 e. The van der Waals surface area contributed by atoms with E-state index in [-0.39, 0.29) is 16.9 Å². The number of fused-ring (bicyclic) bond motifs is 5. The molecule has 22 heavy (non-hydrogen) atoms. The SMILES string of the molecule is CN1C[C@@H]2[C@@H](CC[C@]3(C)C(O)CC[C@@H]23)[C@@]2(C)CCC(=O)C=C12. The van der Waals surface area contributed by atoms with Crippen LogP contribution in [0.5, 0.6) is 0 Å². The van der Waals surface area contributed by atoms with E-state index in [1.54, 1.807) is 0 Å². The predicted octanol–water partition coefficient (Wildman–Crippen LogP) is 2.99. The van der Waals surface area contributed by atoms with Gasteiger partial charge in [-0.2, -0.15) is 0 Å². The van der Waals surface area contributed by atoms with Gasteiger partial charge in [-0.3, -0.25) is 4.79 Å². The van der Waals surface area contributed by atoms with Crippen LogP contribution in [0.4, 0.5) is 0 Å². The van der Waals surface area contributed by atoms with Crippen molar-refractivity contribution in [3.05, 3.63) is 11.8 Å². The fourth-order valence-electron chi connectivity index (χ4n) is 6.54. The Balaban J connectivity index is 1.73. The number of allylic oxidation sites excluding steroid dienone is 2. The van der Waals surface area contributed by atoms with Gasteiger partial charge in [0.15, 0.2) is 5.78 Å². The molecule has 1 heterocycles. The molecule has 1 unspecified atom stereocenters. The Labute approximate surface area is 133 Å². The lowest BCUT2D eigenvalue weighted by Gasteiger charge is -2.60. The van der Waals surface area contributed by atoms with Crippen LogP contribution in [-0.4, -0.2) is 35.5 Å². The largest absolute Gasteiger partial charge is 0.393 e. The molecule has 0 aromatic carbocycles. The summed E-state index contributed by atoms with van der Waals surface area (Å²) in [5.41, 5.74) is 1.58. The topological polar surface area (TPSA) is 40.5 Å². The van der Waals surface area contributed by atoms with Crippen LogP contribution in [0, 0.1) is 28.6 Å². The zero-order valence-corrected chi connectivity index (χ0v) is 14.1. The third-order valence-corrected chi connectivity index (χ3v) is 7.87. The molecule has 1 N–H and O–H groups in total. The summed E-state index contributed by atoms with van der Waals surface area (Å²) in [5.74, 6) is 2.32. The number of carbonyl (C=O) groups is 1. The highest BCUT2D eigenvalue weighted by molar-refractivity contribution is 5.91. The van der Waals surface area contributed by atoms with E-state index in [1.165, 1.54) is 18.5 Å². The Morgan fingerprint density at radius 1 is 1.18 bits per heavy atom. The molecule has 4 rings (SSSR count). The average Bonchev–Trinajstić information content (AvgIpc) is 2.77. The normalized spacial score (nSPS) is 51.0. The van der Waals surface area contributed by atoms with E-state index in [9.17, 15) is 9.90 Å². The summed E-state index contributed by atoms with van der Waals surface area (Å²) in [6.45, 7) is 5.78. The van der Waals surface area contributed by atoms with Crippen LogP contribution in [0.3, 0.4) is 0 Å². The zero-order valence-electron chi connectivity index (χ0n) is 14.1. The van der Waals surface area contributed by atoms with Gasteiger partial charge in [0.05, 0.1) is 6.10 Å². The van der Waals surface area contributed by atoms with Crippen LogP contribution >= 0.6 is 0 Å². The number of hydrogen-bond acceptors (Lipinski definition) is 3. The van der Waals surface area contributed by atoms with Crippen LogP contribution in [-0.2, 0) is 4.79 Å². The van der Waals surface area contributed by atoms with E-state index in [4.69, 9.17) is 0 Å². The summed E-state index contributed by atoms with van der Waals surface area (Å²) in [5, 5.41) is 10.5. The van der Waals surface area contributed by atoms with Crippen LogP contribution in [0.25, 0.3) is 0 Å². The molecule has 1 saturated heterocycles. The van der Waals surface area contributed by atoms with Crippen LogP contribution in [0.1, 0.15) is 52.4 Å². The maximum absolute atomic E-state index is 11.9. The molecule has 2 saturated carbocycles. The second-order valence-electron chi connectivity index (χ2n) is 8.81. The van der Waals surface area contributed by atoms with Gasteiger partial charge in [-0.05, 0) is 55.3 Å². The highest BCUT2D eigenvalue weighted by atomic mass is 16.3. The maximum atomic E-state index is 11.9. The van der Waals surface area contributed by atoms with Crippen LogP contribution in [0.15, 0.2) is 11.8 Å². The lowest BCUT2D eigenvalue weighted by Crippen LogP contribution is -2.57. The first-order chi connectivity index (χ1) is 10.4. The molecule has 0 aromatic heterocycles. The minimum absolute atomic E-state index is 0.110. The molecular weight excluding hydrogens is 274 g/mol. The molecule has 4 aliphatic rings. The molecule has 0 aromatic rings. The van der Waals surface area contributed by atoms with Gasteiger partial charge in [0.2, 0.25) is 0 Å². The quantitative estimate of drug-likeness (QED) is 0.748. The molecule has 0 bridgehead atoms. The van der Waals surface area contributed by atoms with Gasteiger partial charge in [0, 0.05) is 37.2 Å². The lowest BCUT2D eigenvalue weighted by molar-refractivity contribution is -0.120. The molecule has 0 spiro atoms.